The van der Waals surface area contributed by atoms with Crippen LogP contribution < -0.4 is 5.73 Å². The first-order chi connectivity index (χ1) is 8.66. The first-order valence-corrected chi connectivity index (χ1v) is 5.94. The van der Waals surface area contributed by atoms with Crippen LogP contribution in [0.1, 0.15) is 5.82 Å². The average molecular weight is 270 g/mol. The maximum Gasteiger partial charge on any atom is 0.313 e. The lowest BCUT2D eigenvalue weighted by atomic mass is 10.4. The Morgan fingerprint density at radius 3 is 3.06 bits per heavy atom. The van der Waals surface area contributed by atoms with E-state index in [4.69, 9.17) is 10.8 Å². The van der Waals surface area contributed by atoms with Crippen molar-refractivity contribution in [1.29, 1.82) is 0 Å². The van der Waals surface area contributed by atoms with Gasteiger partial charge in [0.15, 0.2) is 11.0 Å². The van der Waals surface area contributed by atoms with Crippen LogP contribution in [0.4, 0.5) is 5.95 Å². The molecule has 9 nitrogen and oxygen atoms in total. The van der Waals surface area contributed by atoms with Crippen LogP contribution in [0, 0.1) is 0 Å². The second-order valence-electron chi connectivity index (χ2n) is 3.27. The van der Waals surface area contributed by atoms with Gasteiger partial charge in [0.25, 0.3) is 0 Å². The van der Waals surface area contributed by atoms with Gasteiger partial charge >= 0.3 is 5.97 Å². The Morgan fingerprint density at radius 1 is 1.56 bits per heavy atom. The Morgan fingerprint density at radius 2 is 2.39 bits per heavy atom. The predicted molar refractivity (Wildman–Crippen MR) is 60.8 cm³/mol. The molecule has 18 heavy (non-hydrogen) atoms. The third-order valence-electron chi connectivity index (χ3n) is 2.04. The zero-order valence-corrected chi connectivity index (χ0v) is 10.0. The van der Waals surface area contributed by atoms with Crippen LogP contribution in [-0.4, -0.2) is 41.7 Å². The smallest absolute Gasteiger partial charge is 0.313 e. The van der Waals surface area contributed by atoms with E-state index in [1.807, 2.05) is 0 Å². The quantitative estimate of drug-likeness (QED) is 0.676. The van der Waals surface area contributed by atoms with E-state index in [9.17, 15) is 4.79 Å². The van der Waals surface area contributed by atoms with Gasteiger partial charge in [0, 0.05) is 13.0 Å². The minimum absolute atomic E-state index is 0.0969. The lowest BCUT2D eigenvalue weighted by Crippen LogP contribution is -2.09. The summed E-state index contributed by atoms with van der Waals surface area (Å²) in [5.74, 6) is -0.254. The second-order valence-corrected chi connectivity index (χ2v) is 4.21. The number of carboxylic acid groups (broad SMARTS) is 1. The zero-order chi connectivity index (χ0) is 13.0. The fraction of sp³-hybridized carbons (Fsp3) is 0.375. The molecule has 96 valence electrons. The van der Waals surface area contributed by atoms with Crippen molar-refractivity contribution in [3.8, 4) is 0 Å². The van der Waals surface area contributed by atoms with Crippen LogP contribution in [0.5, 0.6) is 0 Å². The number of rotatable bonds is 6. The first kappa shape index (κ1) is 12.4. The van der Waals surface area contributed by atoms with Crippen molar-refractivity contribution in [2.24, 2.45) is 0 Å². The fourth-order valence-corrected chi connectivity index (χ4v) is 1.95. The SMILES string of the molecule is Nc1nnc(SCC(=O)O)n1CCc1ncon1. The van der Waals surface area contributed by atoms with Crippen molar-refractivity contribution in [3.05, 3.63) is 12.2 Å². The van der Waals surface area contributed by atoms with Gasteiger partial charge < -0.3 is 15.4 Å². The molecule has 0 saturated carbocycles. The third-order valence-corrected chi connectivity index (χ3v) is 2.99. The first-order valence-electron chi connectivity index (χ1n) is 4.95. The lowest BCUT2D eigenvalue weighted by molar-refractivity contribution is -0.133. The van der Waals surface area contributed by atoms with Gasteiger partial charge in [-0.25, -0.2) is 0 Å². The molecule has 0 unspecified atom stereocenters. The molecule has 0 radical (unpaired) electrons. The molecule has 0 spiro atoms. The predicted octanol–water partition coefficient (Wildman–Crippen LogP) is -0.337. The van der Waals surface area contributed by atoms with Crippen LogP contribution in [0.25, 0.3) is 0 Å². The molecule has 0 aliphatic rings. The molecule has 0 aromatic carbocycles. The van der Waals surface area contributed by atoms with Gasteiger partial charge in [0.05, 0.1) is 5.75 Å². The van der Waals surface area contributed by atoms with E-state index in [0.717, 1.165) is 11.8 Å². The van der Waals surface area contributed by atoms with Gasteiger partial charge in [-0.15, -0.1) is 10.2 Å². The van der Waals surface area contributed by atoms with Crippen LogP contribution in [0.15, 0.2) is 16.1 Å². The molecule has 0 amide bonds. The molecule has 2 aromatic heterocycles. The number of carboxylic acids is 1. The molecule has 0 bridgehead atoms. The molecule has 0 saturated heterocycles. The normalized spacial score (nSPS) is 10.7. The highest BCUT2D eigenvalue weighted by Gasteiger charge is 2.12. The average Bonchev–Trinajstić information content (AvgIpc) is 2.94. The summed E-state index contributed by atoms with van der Waals surface area (Å²) >= 11 is 1.06. The number of thioether (sulfide) groups is 1. The molecular formula is C8H10N6O3S. The number of aromatic nitrogens is 5. The fourth-order valence-electron chi connectivity index (χ4n) is 1.26. The van der Waals surface area contributed by atoms with E-state index in [1.54, 1.807) is 4.57 Å². The number of aliphatic carboxylic acids is 1. The topological polar surface area (TPSA) is 133 Å². The van der Waals surface area contributed by atoms with Crippen molar-refractivity contribution in [2.75, 3.05) is 11.5 Å². The number of aryl methyl sites for hydroxylation is 1. The summed E-state index contributed by atoms with van der Waals surface area (Å²) in [6.07, 6.45) is 1.74. The van der Waals surface area contributed by atoms with Crippen molar-refractivity contribution >= 4 is 23.7 Å². The molecule has 0 fully saturated rings. The molecule has 2 heterocycles. The van der Waals surface area contributed by atoms with Gasteiger partial charge in [-0.2, -0.15) is 4.98 Å². The molecule has 2 aromatic rings. The summed E-state index contributed by atoms with van der Waals surface area (Å²) in [6, 6.07) is 0. The van der Waals surface area contributed by atoms with Crippen molar-refractivity contribution < 1.29 is 14.4 Å². The van der Waals surface area contributed by atoms with Crippen molar-refractivity contribution in [3.63, 3.8) is 0 Å². The van der Waals surface area contributed by atoms with Gasteiger partial charge in [-0.1, -0.05) is 16.9 Å². The maximum atomic E-state index is 10.5. The maximum absolute atomic E-state index is 10.5. The Labute approximate surface area is 105 Å². The summed E-state index contributed by atoms with van der Waals surface area (Å²) in [7, 11) is 0. The summed E-state index contributed by atoms with van der Waals surface area (Å²) < 4.78 is 6.22. The number of carbonyl (C=O) groups is 1. The highest BCUT2D eigenvalue weighted by molar-refractivity contribution is 7.99. The number of anilines is 1. The third kappa shape index (κ3) is 2.97. The van der Waals surface area contributed by atoms with E-state index in [0.29, 0.717) is 23.9 Å². The summed E-state index contributed by atoms with van der Waals surface area (Å²) in [5.41, 5.74) is 5.65. The van der Waals surface area contributed by atoms with E-state index in [1.165, 1.54) is 6.39 Å². The van der Waals surface area contributed by atoms with E-state index in [-0.39, 0.29) is 11.7 Å². The minimum atomic E-state index is -0.925. The number of nitrogens with zero attached hydrogens (tertiary/aromatic N) is 5. The van der Waals surface area contributed by atoms with Crippen LogP contribution in [-0.2, 0) is 17.8 Å². The molecule has 2 rings (SSSR count). The van der Waals surface area contributed by atoms with Crippen LogP contribution in [0.3, 0.4) is 0 Å². The van der Waals surface area contributed by atoms with E-state index < -0.39 is 5.97 Å². The van der Waals surface area contributed by atoms with Crippen molar-refractivity contribution in [2.45, 2.75) is 18.1 Å². The number of nitrogen functional groups attached to an aromatic ring is 1. The van der Waals surface area contributed by atoms with E-state index in [2.05, 4.69) is 24.9 Å². The van der Waals surface area contributed by atoms with Crippen molar-refractivity contribution in [1.82, 2.24) is 24.9 Å². The molecule has 0 atom stereocenters. The summed E-state index contributed by atoms with van der Waals surface area (Å²) in [4.78, 5) is 14.4. The Hall–Kier alpha value is -2.10. The van der Waals surface area contributed by atoms with Gasteiger partial charge in [0.1, 0.15) is 0 Å². The molecule has 0 aliphatic heterocycles. The monoisotopic (exact) mass is 270 g/mol. The Balaban J connectivity index is 2.02. The Kier molecular flexibility index (Phi) is 3.77. The highest BCUT2D eigenvalue weighted by Crippen LogP contribution is 2.18. The number of hydrogen-bond donors (Lipinski definition) is 2. The van der Waals surface area contributed by atoms with E-state index >= 15 is 0 Å². The Bertz CT molecular complexity index is 525. The minimum Gasteiger partial charge on any atom is -0.481 e. The van der Waals surface area contributed by atoms with Gasteiger partial charge in [-0.3, -0.25) is 9.36 Å². The molecular weight excluding hydrogens is 260 g/mol. The number of nitrogens with two attached hydrogens (primary N) is 1. The van der Waals surface area contributed by atoms with Crippen LogP contribution >= 0.6 is 11.8 Å². The second kappa shape index (κ2) is 5.49. The molecule has 0 aliphatic carbocycles. The summed E-state index contributed by atoms with van der Waals surface area (Å²) in [5, 5.41) is 20.3. The molecule has 10 heteroatoms. The molecule has 3 N–H and O–H groups in total. The van der Waals surface area contributed by atoms with Crippen LogP contribution in [0.2, 0.25) is 0 Å². The van der Waals surface area contributed by atoms with Gasteiger partial charge in [0.2, 0.25) is 12.3 Å². The highest BCUT2D eigenvalue weighted by atomic mass is 32.2. The zero-order valence-electron chi connectivity index (χ0n) is 9.18. The standard InChI is InChI=1S/C8H10N6O3S/c9-7-11-12-8(18-3-6(15)16)14(7)2-1-5-10-4-17-13-5/h4H,1-3H2,(H2,9,11)(H,15,16). The lowest BCUT2D eigenvalue weighted by Gasteiger charge is -2.04. The summed E-state index contributed by atoms with van der Waals surface area (Å²) in [6.45, 7) is 0.459. The number of hydrogen-bond acceptors (Lipinski definition) is 8. The largest absolute Gasteiger partial charge is 0.481 e. The van der Waals surface area contributed by atoms with Gasteiger partial charge in [-0.05, 0) is 0 Å².